The van der Waals surface area contributed by atoms with Crippen LogP contribution in [0.1, 0.15) is 19.8 Å². The summed E-state index contributed by atoms with van der Waals surface area (Å²) in [5, 5.41) is 4.92. The van der Waals surface area contributed by atoms with Gasteiger partial charge in [-0.05, 0) is 25.8 Å². The summed E-state index contributed by atoms with van der Waals surface area (Å²) in [4.78, 5) is 15.4. The van der Waals surface area contributed by atoms with Crippen molar-refractivity contribution in [2.75, 3.05) is 18.0 Å². The number of piperidine rings is 1. The van der Waals surface area contributed by atoms with E-state index in [1.165, 1.54) is 0 Å². The van der Waals surface area contributed by atoms with Crippen molar-refractivity contribution in [3.8, 4) is 5.69 Å². The number of fused-ring (bicyclic) bond motifs is 1. The lowest BCUT2D eigenvalue weighted by molar-refractivity contribution is 0.363. The summed E-state index contributed by atoms with van der Waals surface area (Å²) in [6.07, 6.45) is 6.87. The van der Waals surface area contributed by atoms with Gasteiger partial charge in [0.2, 0.25) is 0 Å². The number of nitrogens with two attached hydrogens (primary N) is 1. The fraction of sp³-hybridized carbons (Fsp3) is 0.375. The van der Waals surface area contributed by atoms with Gasteiger partial charge in [0.05, 0.1) is 18.1 Å². The van der Waals surface area contributed by atoms with Gasteiger partial charge in [0.15, 0.2) is 5.65 Å². The number of rotatable bonds is 2. The molecule has 1 fully saturated rings. The lowest BCUT2D eigenvalue weighted by Gasteiger charge is -2.37. The predicted octanol–water partition coefficient (Wildman–Crippen LogP) is 2.83. The number of nitrogens with zero attached hydrogens (tertiary/aromatic N) is 6. The molecule has 7 nitrogen and oxygen atoms in total. The maximum atomic E-state index is 6.24. The summed E-state index contributed by atoms with van der Waals surface area (Å²) in [7, 11) is 0. The highest BCUT2D eigenvalue weighted by atomic mass is 35.5. The molecule has 25 heavy (non-hydrogen) atoms. The molecule has 0 unspecified atom stereocenters. The molecule has 1 aliphatic rings. The molecule has 4 rings (SSSR count). The number of halogens is 2. The molecule has 4 heterocycles. The van der Waals surface area contributed by atoms with Crippen molar-refractivity contribution in [2.45, 2.75) is 25.3 Å². The van der Waals surface area contributed by atoms with Crippen molar-refractivity contribution in [3.05, 3.63) is 34.8 Å². The van der Waals surface area contributed by atoms with E-state index in [9.17, 15) is 0 Å². The minimum atomic E-state index is -0.101. The summed E-state index contributed by atoms with van der Waals surface area (Å²) in [5.41, 5.74) is 8.03. The van der Waals surface area contributed by atoms with Gasteiger partial charge in [0.25, 0.3) is 0 Å². The minimum absolute atomic E-state index is 0.101. The first-order valence-corrected chi connectivity index (χ1v) is 8.75. The summed E-state index contributed by atoms with van der Waals surface area (Å²) >= 11 is 12.2. The van der Waals surface area contributed by atoms with Crippen LogP contribution in [0.5, 0.6) is 0 Å². The second kappa shape index (κ2) is 6.09. The zero-order valence-corrected chi connectivity index (χ0v) is 15.2. The number of hydrogen-bond acceptors (Lipinski definition) is 6. The highest BCUT2D eigenvalue weighted by Crippen LogP contribution is 2.29. The first-order chi connectivity index (χ1) is 11.9. The average molecular weight is 378 g/mol. The van der Waals surface area contributed by atoms with Gasteiger partial charge in [-0.15, -0.1) is 0 Å². The van der Waals surface area contributed by atoms with Crippen LogP contribution in [0.4, 0.5) is 5.82 Å². The van der Waals surface area contributed by atoms with Gasteiger partial charge in [-0.25, -0.2) is 19.6 Å². The number of aromatic nitrogens is 5. The van der Waals surface area contributed by atoms with E-state index in [4.69, 9.17) is 33.9 Å². The third kappa shape index (κ3) is 3.03. The van der Waals surface area contributed by atoms with Crippen LogP contribution in [-0.4, -0.2) is 43.4 Å². The van der Waals surface area contributed by atoms with Crippen molar-refractivity contribution in [1.29, 1.82) is 0 Å². The predicted molar refractivity (Wildman–Crippen MR) is 98.5 cm³/mol. The van der Waals surface area contributed by atoms with E-state index in [1.807, 2.05) is 0 Å². The van der Waals surface area contributed by atoms with Crippen LogP contribution in [0.2, 0.25) is 10.2 Å². The van der Waals surface area contributed by atoms with Gasteiger partial charge < -0.3 is 10.6 Å². The molecule has 0 aliphatic carbocycles. The molecule has 0 amide bonds. The van der Waals surface area contributed by atoms with Crippen molar-refractivity contribution in [1.82, 2.24) is 24.7 Å². The summed E-state index contributed by atoms with van der Waals surface area (Å²) in [6, 6.07) is 1.74. The van der Waals surface area contributed by atoms with Crippen LogP contribution in [-0.2, 0) is 0 Å². The van der Waals surface area contributed by atoms with Crippen LogP contribution < -0.4 is 10.6 Å². The molecular weight excluding hydrogens is 361 g/mol. The van der Waals surface area contributed by atoms with Crippen LogP contribution in [0.25, 0.3) is 16.9 Å². The molecule has 0 atom stereocenters. The van der Waals surface area contributed by atoms with Gasteiger partial charge in [-0.3, -0.25) is 0 Å². The number of anilines is 1. The van der Waals surface area contributed by atoms with E-state index in [-0.39, 0.29) is 10.7 Å². The normalized spacial score (nSPS) is 17.2. The Bertz CT molecular complexity index is 927. The van der Waals surface area contributed by atoms with E-state index in [2.05, 4.69) is 26.9 Å². The van der Waals surface area contributed by atoms with E-state index >= 15 is 0 Å². The first-order valence-electron chi connectivity index (χ1n) is 8.00. The third-order valence-corrected chi connectivity index (χ3v) is 5.30. The zero-order valence-electron chi connectivity index (χ0n) is 13.7. The molecule has 130 valence electrons. The van der Waals surface area contributed by atoms with Crippen molar-refractivity contribution < 1.29 is 0 Å². The molecule has 0 spiro atoms. The lowest BCUT2D eigenvalue weighted by atomic mass is 9.91. The Kier molecular flexibility index (Phi) is 4.02. The van der Waals surface area contributed by atoms with Gasteiger partial charge in [0, 0.05) is 24.8 Å². The fourth-order valence-electron chi connectivity index (χ4n) is 2.95. The molecular formula is C16H17Cl2N7. The van der Waals surface area contributed by atoms with Crippen LogP contribution >= 0.6 is 23.2 Å². The van der Waals surface area contributed by atoms with Crippen LogP contribution in [0, 0.1) is 0 Å². The van der Waals surface area contributed by atoms with Crippen LogP contribution in [0.15, 0.2) is 24.7 Å². The summed E-state index contributed by atoms with van der Waals surface area (Å²) in [6.45, 7) is 3.83. The molecule has 3 aromatic rings. The standard InChI is InChI=1S/C16H17Cl2N7/c1-16(19)3-6-24(7-4-16)12-9-21-15-10(23-12)8-22-25(15)11-2-5-20-14(18)13(11)17/h2,5,8-9H,3-4,6-7,19H2,1H3. The number of pyridine rings is 1. The topological polar surface area (TPSA) is 85.8 Å². The van der Waals surface area contributed by atoms with Crippen molar-refractivity contribution in [3.63, 3.8) is 0 Å². The molecule has 0 aromatic carbocycles. The number of hydrogen-bond donors (Lipinski definition) is 1. The van der Waals surface area contributed by atoms with E-state index in [0.717, 1.165) is 31.7 Å². The Morgan fingerprint density at radius 1 is 1.16 bits per heavy atom. The van der Waals surface area contributed by atoms with Gasteiger partial charge in [-0.2, -0.15) is 5.10 Å². The van der Waals surface area contributed by atoms with Crippen LogP contribution in [0.3, 0.4) is 0 Å². The van der Waals surface area contributed by atoms with E-state index in [1.54, 1.807) is 29.3 Å². The second-order valence-corrected chi connectivity index (χ2v) is 7.31. The van der Waals surface area contributed by atoms with E-state index in [0.29, 0.717) is 21.9 Å². The van der Waals surface area contributed by atoms with Gasteiger partial charge in [-0.1, -0.05) is 23.2 Å². The molecule has 0 saturated carbocycles. The van der Waals surface area contributed by atoms with Gasteiger partial charge >= 0.3 is 0 Å². The lowest BCUT2D eigenvalue weighted by Crippen LogP contribution is -2.48. The van der Waals surface area contributed by atoms with Crippen molar-refractivity contribution in [2.24, 2.45) is 5.73 Å². The molecule has 3 aromatic heterocycles. The minimum Gasteiger partial charge on any atom is -0.355 e. The smallest absolute Gasteiger partial charge is 0.181 e. The largest absolute Gasteiger partial charge is 0.355 e. The van der Waals surface area contributed by atoms with Gasteiger partial charge in [0.1, 0.15) is 21.5 Å². The summed E-state index contributed by atoms with van der Waals surface area (Å²) < 4.78 is 1.62. The Hall–Kier alpha value is -1.96. The molecule has 0 radical (unpaired) electrons. The second-order valence-electron chi connectivity index (χ2n) is 6.57. The Morgan fingerprint density at radius 2 is 1.92 bits per heavy atom. The maximum absolute atomic E-state index is 6.24. The monoisotopic (exact) mass is 377 g/mol. The zero-order chi connectivity index (χ0) is 17.6. The summed E-state index contributed by atoms with van der Waals surface area (Å²) in [5.74, 6) is 0.835. The molecule has 1 saturated heterocycles. The molecule has 0 bridgehead atoms. The Labute approximate surface area is 154 Å². The Morgan fingerprint density at radius 3 is 2.68 bits per heavy atom. The third-order valence-electron chi connectivity index (χ3n) is 4.55. The SMILES string of the molecule is CC1(N)CCN(c2cnc3c(cnn3-c3ccnc(Cl)c3Cl)n2)CC1. The first kappa shape index (κ1) is 16.5. The molecule has 2 N–H and O–H groups in total. The molecule has 9 heteroatoms. The maximum Gasteiger partial charge on any atom is 0.181 e. The Balaban J connectivity index is 1.69. The highest BCUT2D eigenvalue weighted by Gasteiger charge is 2.27. The quantitative estimate of drug-likeness (QED) is 0.691. The highest BCUT2D eigenvalue weighted by molar-refractivity contribution is 6.42. The average Bonchev–Trinajstić information content (AvgIpc) is 3.00. The van der Waals surface area contributed by atoms with Crippen molar-refractivity contribution >= 4 is 40.2 Å². The molecule has 1 aliphatic heterocycles. The fourth-order valence-corrected chi connectivity index (χ4v) is 3.30. The van der Waals surface area contributed by atoms with E-state index < -0.39 is 0 Å².